The van der Waals surface area contributed by atoms with Crippen LogP contribution in [0.4, 0.5) is 5.69 Å². The number of hydrogen-bond donors (Lipinski definition) is 1. The van der Waals surface area contributed by atoms with E-state index in [2.05, 4.69) is 15.3 Å². The topological polar surface area (TPSA) is 70.5 Å². The van der Waals surface area contributed by atoms with E-state index in [4.69, 9.17) is 0 Å². The van der Waals surface area contributed by atoms with Crippen LogP contribution >= 0.6 is 0 Å². The largest absolute Gasteiger partial charge is 0.367 e. The summed E-state index contributed by atoms with van der Waals surface area (Å²) in [6.07, 6.45) is 4.69. The number of anilines is 1. The molecule has 0 aliphatic carbocycles. The van der Waals surface area contributed by atoms with Crippen molar-refractivity contribution in [1.29, 1.82) is 0 Å². The Balaban J connectivity index is 1.63. The van der Waals surface area contributed by atoms with E-state index in [0.717, 1.165) is 25.2 Å². The predicted molar refractivity (Wildman–Crippen MR) is 95.8 cm³/mol. The molecule has 0 bridgehead atoms. The number of hydrogen-bond acceptors (Lipinski definition) is 4. The highest BCUT2D eigenvalue weighted by Crippen LogP contribution is 2.19. The van der Waals surface area contributed by atoms with Crippen molar-refractivity contribution in [2.24, 2.45) is 7.05 Å². The fourth-order valence-electron chi connectivity index (χ4n) is 3.00. The Morgan fingerprint density at radius 2 is 2.04 bits per heavy atom. The van der Waals surface area contributed by atoms with E-state index in [0.29, 0.717) is 11.1 Å². The first-order valence-corrected chi connectivity index (χ1v) is 8.30. The van der Waals surface area contributed by atoms with E-state index in [-0.39, 0.29) is 17.9 Å². The summed E-state index contributed by atoms with van der Waals surface area (Å²) in [6, 6.07) is 6.92. The summed E-state index contributed by atoms with van der Waals surface area (Å²) in [5, 5.41) is 7.25. The van der Waals surface area contributed by atoms with Gasteiger partial charge in [0.15, 0.2) is 0 Å². The number of nitrogens with one attached hydrogen (secondary N) is 1. The first kappa shape index (κ1) is 17.0. The van der Waals surface area contributed by atoms with Gasteiger partial charge >= 0.3 is 0 Å². The van der Waals surface area contributed by atoms with Gasteiger partial charge in [-0.05, 0) is 24.6 Å². The van der Waals surface area contributed by atoms with Crippen molar-refractivity contribution in [3.05, 3.63) is 47.8 Å². The summed E-state index contributed by atoms with van der Waals surface area (Å²) < 4.78 is 1.77. The van der Waals surface area contributed by atoms with Crippen LogP contribution in [0.2, 0.25) is 0 Å². The van der Waals surface area contributed by atoms with Crippen LogP contribution in [-0.4, -0.2) is 59.7 Å². The summed E-state index contributed by atoms with van der Waals surface area (Å²) in [5.41, 5.74) is 2.09. The molecule has 0 saturated carbocycles. The molecule has 1 aromatic heterocycles. The summed E-state index contributed by atoms with van der Waals surface area (Å²) >= 11 is 0. The van der Waals surface area contributed by atoms with Gasteiger partial charge in [-0.25, -0.2) is 0 Å². The van der Waals surface area contributed by atoms with Gasteiger partial charge in [-0.3, -0.25) is 14.3 Å². The minimum absolute atomic E-state index is 0.0842. The third-order valence-corrected chi connectivity index (χ3v) is 4.36. The highest BCUT2D eigenvalue weighted by Gasteiger charge is 2.25. The molecule has 1 atom stereocenters. The number of rotatable bonds is 4. The Hall–Kier alpha value is -2.83. The Morgan fingerprint density at radius 1 is 1.28 bits per heavy atom. The number of amides is 2. The number of carbonyl (C=O) groups is 2. The SMILES string of the molecule is CN(C)C(=O)c1cccc(C(=O)N[C@H]2CCN(c3cnn(C)c3)C2)c1. The lowest BCUT2D eigenvalue weighted by Gasteiger charge is -2.17. The molecule has 1 aromatic carbocycles. The van der Waals surface area contributed by atoms with Crippen molar-refractivity contribution >= 4 is 17.5 Å². The Bertz CT molecular complexity index is 783. The zero-order chi connectivity index (χ0) is 18.0. The second-order valence-corrected chi connectivity index (χ2v) is 6.56. The lowest BCUT2D eigenvalue weighted by Crippen LogP contribution is -2.37. The summed E-state index contributed by atoms with van der Waals surface area (Å²) in [7, 11) is 5.28. The molecule has 0 unspecified atom stereocenters. The molecular formula is C18H23N5O2. The van der Waals surface area contributed by atoms with Crippen LogP contribution in [0.1, 0.15) is 27.1 Å². The van der Waals surface area contributed by atoms with Crippen LogP contribution in [0.5, 0.6) is 0 Å². The van der Waals surface area contributed by atoms with Crippen LogP contribution in [-0.2, 0) is 7.05 Å². The summed E-state index contributed by atoms with van der Waals surface area (Å²) in [5.74, 6) is -0.260. The highest BCUT2D eigenvalue weighted by atomic mass is 16.2. The predicted octanol–water partition coefficient (Wildman–Crippen LogP) is 1.13. The van der Waals surface area contributed by atoms with Crippen LogP contribution < -0.4 is 10.2 Å². The van der Waals surface area contributed by atoms with E-state index < -0.39 is 0 Å². The van der Waals surface area contributed by atoms with E-state index >= 15 is 0 Å². The lowest BCUT2D eigenvalue weighted by atomic mass is 10.1. The van der Waals surface area contributed by atoms with Crippen molar-refractivity contribution in [3.63, 3.8) is 0 Å². The molecule has 1 fully saturated rings. The van der Waals surface area contributed by atoms with Gasteiger partial charge in [0, 0.05) is 57.6 Å². The number of nitrogens with zero attached hydrogens (tertiary/aromatic N) is 4. The normalized spacial score (nSPS) is 16.8. The minimum Gasteiger partial charge on any atom is -0.367 e. The number of aryl methyl sites for hydroxylation is 1. The molecule has 1 N–H and O–H groups in total. The number of aromatic nitrogens is 2. The Labute approximate surface area is 147 Å². The third kappa shape index (κ3) is 3.81. The second-order valence-electron chi connectivity index (χ2n) is 6.56. The molecule has 132 valence electrons. The van der Waals surface area contributed by atoms with E-state index in [1.54, 1.807) is 43.0 Å². The first-order valence-electron chi connectivity index (χ1n) is 8.30. The smallest absolute Gasteiger partial charge is 0.253 e. The van der Waals surface area contributed by atoms with Crippen molar-refractivity contribution in [2.75, 3.05) is 32.1 Å². The minimum atomic E-state index is -0.147. The van der Waals surface area contributed by atoms with E-state index in [1.165, 1.54) is 4.90 Å². The molecule has 1 saturated heterocycles. The molecule has 0 spiro atoms. The number of benzene rings is 1. The average molecular weight is 341 g/mol. The van der Waals surface area contributed by atoms with Gasteiger partial charge < -0.3 is 15.1 Å². The molecule has 25 heavy (non-hydrogen) atoms. The van der Waals surface area contributed by atoms with Gasteiger partial charge in [0.25, 0.3) is 11.8 Å². The fourth-order valence-corrected chi connectivity index (χ4v) is 3.00. The van der Waals surface area contributed by atoms with Crippen molar-refractivity contribution in [2.45, 2.75) is 12.5 Å². The molecule has 2 amide bonds. The van der Waals surface area contributed by atoms with Crippen LogP contribution in [0.15, 0.2) is 36.7 Å². The molecule has 1 aliphatic heterocycles. The standard InChI is InChI=1S/C18H23N5O2/c1-21(2)18(25)14-6-4-5-13(9-14)17(24)20-15-7-8-23(11-15)16-10-19-22(3)12-16/h4-6,9-10,12,15H,7-8,11H2,1-3H3,(H,20,24)/t15-/m0/s1. The van der Waals surface area contributed by atoms with Gasteiger partial charge in [-0.1, -0.05) is 6.07 Å². The zero-order valence-electron chi connectivity index (χ0n) is 14.8. The van der Waals surface area contributed by atoms with Gasteiger partial charge in [0.1, 0.15) is 0 Å². The van der Waals surface area contributed by atoms with Crippen molar-refractivity contribution in [1.82, 2.24) is 20.0 Å². The van der Waals surface area contributed by atoms with E-state index in [1.807, 2.05) is 19.4 Å². The highest BCUT2D eigenvalue weighted by molar-refractivity contribution is 5.99. The molecule has 7 heteroatoms. The van der Waals surface area contributed by atoms with Gasteiger partial charge in [-0.2, -0.15) is 5.10 Å². The van der Waals surface area contributed by atoms with Crippen LogP contribution in [0.25, 0.3) is 0 Å². The van der Waals surface area contributed by atoms with Gasteiger partial charge in [0.2, 0.25) is 0 Å². The summed E-state index contributed by atoms with van der Waals surface area (Å²) in [4.78, 5) is 28.3. The second kappa shape index (κ2) is 6.96. The average Bonchev–Trinajstić information content (AvgIpc) is 3.23. The Morgan fingerprint density at radius 3 is 2.72 bits per heavy atom. The molecule has 3 rings (SSSR count). The van der Waals surface area contributed by atoms with Crippen LogP contribution in [0, 0.1) is 0 Å². The first-order chi connectivity index (χ1) is 11.9. The maximum atomic E-state index is 12.5. The third-order valence-electron chi connectivity index (χ3n) is 4.36. The monoisotopic (exact) mass is 341 g/mol. The molecule has 2 heterocycles. The maximum absolute atomic E-state index is 12.5. The van der Waals surface area contributed by atoms with Crippen molar-refractivity contribution in [3.8, 4) is 0 Å². The quantitative estimate of drug-likeness (QED) is 0.905. The summed E-state index contributed by atoms with van der Waals surface area (Å²) in [6.45, 7) is 1.64. The fraction of sp³-hybridized carbons (Fsp3) is 0.389. The maximum Gasteiger partial charge on any atom is 0.253 e. The Kier molecular flexibility index (Phi) is 4.74. The van der Waals surface area contributed by atoms with Crippen LogP contribution in [0.3, 0.4) is 0 Å². The zero-order valence-corrected chi connectivity index (χ0v) is 14.8. The van der Waals surface area contributed by atoms with Crippen molar-refractivity contribution < 1.29 is 9.59 Å². The number of carbonyl (C=O) groups excluding carboxylic acids is 2. The molecule has 7 nitrogen and oxygen atoms in total. The molecular weight excluding hydrogens is 318 g/mol. The molecule has 2 aromatic rings. The lowest BCUT2D eigenvalue weighted by molar-refractivity contribution is 0.0827. The molecule has 1 aliphatic rings. The molecule has 0 radical (unpaired) electrons. The van der Waals surface area contributed by atoms with Gasteiger partial charge in [0.05, 0.1) is 11.9 Å². The van der Waals surface area contributed by atoms with E-state index in [9.17, 15) is 9.59 Å². The van der Waals surface area contributed by atoms with Gasteiger partial charge in [-0.15, -0.1) is 0 Å².